The molecule has 7 nitrogen and oxygen atoms in total. The Balaban J connectivity index is 1.59. The van der Waals surface area contributed by atoms with E-state index in [0.717, 1.165) is 24.5 Å². The Morgan fingerprint density at radius 3 is 2.83 bits per heavy atom. The van der Waals surface area contributed by atoms with Crippen LogP contribution in [0.2, 0.25) is 0 Å². The van der Waals surface area contributed by atoms with Gasteiger partial charge in [-0.25, -0.2) is 4.98 Å². The van der Waals surface area contributed by atoms with Crippen LogP contribution in [0, 0.1) is 19.8 Å². The topological polar surface area (TPSA) is 67.4 Å². The largest absolute Gasteiger partial charge is 0.361 e. The van der Waals surface area contributed by atoms with E-state index in [9.17, 15) is 4.79 Å². The smallest absolute Gasteiger partial charge is 0.259 e. The molecule has 0 bridgehead atoms. The molecule has 1 spiro atoms. The van der Waals surface area contributed by atoms with Crippen LogP contribution < -0.4 is 4.90 Å². The third-order valence-electron chi connectivity index (χ3n) is 6.36. The highest BCUT2D eigenvalue weighted by atomic mass is 16.5. The molecule has 156 valence electrons. The molecule has 3 aromatic rings. The average Bonchev–Trinajstić information content (AvgIpc) is 3.44. The Morgan fingerprint density at radius 2 is 2.10 bits per heavy atom. The molecule has 1 atom stereocenters. The van der Waals surface area contributed by atoms with Crippen molar-refractivity contribution in [3.8, 4) is 5.82 Å². The van der Waals surface area contributed by atoms with Crippen LogP contribution in [0.4, 0.5) is 5.69 Å². The number of amides is 1. The molecule has 5 heterocycles. The van der Waals surface area contributed by atoms with Crippen LogP contribution in [0.3, 0.4) is 0 Å². The predicted molar refractivity (Wildman–Crippen MR) is 114 cm³/mol. The highest BCUT2D eigenvalue weighted by molar-refractivity contribution is 5.96. The SMILES string of the molecule is Cc1noc(C)c1C(=O)N1CC[C@@]2(C1)c1cccn1-c1ncccc1N2CC(C)C. The molecule has 30 heavy (non-hydrogen) atoms. The lowest BCUT2D eigenvalue weighted by Crippen LogP contribution is -2.54. The van der Waals surface area contributed by atoms with E-state index >= 15 is 0 Å². The third kappa shape index (κ3) is 2.61. The van der Waals surface area contributed by atoms with Gasteiger partial charge in [-0.15, -0.1) is 0 Å². The molecule has 0 aromatic carbocycles. The van der Waals surface area contributed by atoms with Gasteiger partial charge in [0.2, 0.25) is 0 Å². The van der Waals surface area contributed by atoms with Crippen LogP contribution in [0.25, 0.3) is 5.82 Å². The first-order valence-electron chi connectivity index (χ1n) is 10.6. The van der Waals surface area contributed by atoms with Gasteiger partial charge in [0, 0.05) is 32.0 Å². The van der Waals surface area contributed by atoms with Gasteiger partial charge < -0.3 is 18.9 Å². The molecule has 0 unspecified atom stereocenters. The van der Waals surface area contributed by atoms with Gasteiger partial charge in [0.15, 0.2) is 5.82 Å². The van der Waals surface area contributed by atoms with E-state index in [1.165, 1.54) is 5.69 Å². The first-order chi connectivity index (χ1) is 14.4. The zero-order valence-corrected chi connectivity index (χ0v) is 17.9. The number of carbonyl (C=O) groups excluding carboxylic acids is 1. The van der Waals surface area contributed by atoms with Gasteiger partial charge in [-0.2, -0.15) is 0 Å². The number of pyridine rings is 1. The van der Waals surface area contributed by atoms with E-state index in [-0.39, 0.29) is 11.4 Å². The molecular formula is C23H27N5O2. The number of hydrogen-bond acceptors (Lipinski definition) is 5. The van der Waals surface area contributed by atoms with Crippen molar-refractivity contribution in [3.63, 3.8) is 0 Å². The Labute approximate surface area is 176 Å². The maximum Gasteiger partial charge on any atom is 0.259 e. The van der Waals surface area contributed by atoms with Gasteiger partial charge in [-0.3, -0.25) is 4.79 Å². The minimum Gasteiger partial charge on any atom is -0.361 e. The first kappa shape index (κ1) is 18.9. The quantitative estimate of drug-likeness (QED) is 0.665. The van der Waals surface area contributed by atoms with Crippen LogP contribution >= 0.6 is 0 Å². The van der Waals surface area contributed by atoms with Crippen molar-refractivity contribution in [2.75, 3.05) is 24.5 Å². The van der Waals surface area contributed by atoms with Gasteiger partial charge in [0.05, 0.1) is 17.1 Å². The van der Waals surface area contributed by atoms with Crippen molar-refractivity contribution >= 4 is 11.6 Å². The summed E-state index contributed by atoms with van der Waals surface area (Å²) in [5.41, 5.74) is 3.29. The summed E-state index contributed by atoms with van der Waals surface area (Å²) in [6.07, 6.45) is 4.79. The lowest BCUT2D eigenvalue weighted by atomic mass is 9.88. The second-order valence-electron chi connectivity index (χ2n) is 8.82. The number of carbonyl (C=O) groups is 1. The van der Waals surface area contributed by atoms with E-state index in [1.807, 2.05) is 24.1 Å². The highest BCUT2D eigenvalue weighted by Gasteiger charge is 2.51. The number of hydrogen-bond donors (Lipinski definition) is 0. The van der Waals surface area contributed by atoms with Crippen molar-refractivity contribution in [2.24, 2.45) is 5.92 Å². The van der Waals surface area contributed by atoms with Gasteiger partial charge >= 0.3 is 0 Å². The maximum atomic E-state index is 13.4. The summed E-state index contributed by atoms with van der Waals surface area (Å²) in [4.78, 5) is 22.5. The van der Waals surface area contributed by atoms with Crippen LogP contribution in [0.15, 0.2) is 41.2 Å². The zero-order chi connectivity index (χ0) is 21.0. The lowest BCUT2D eigenvalue weighted by molar-refractivity contribution is 0.0779. The van der Waals surface area contributed by atoms with Crippen molar-refractivity contribution in [2.45, 2.75) is 39.7 Å². The molecule has 0 N–H and O–H groups in total. The first-order valence-corrected chi connectivity index (χ1v) is 10.6. The predicted octanol–water partition coefficient (Wildman–Crippen LogP) is 3.69. The molecule has 7 heteroatoms. The minimum absolute atomic E-state index is 0.00251. The molecule has 0 saturated carbocycles. The summed E-state index contributed by atoms with van der Waals surface area (Å²) < 4.78 is 7.45. The molecule has 0 aliphatic carbocycles. The zero-order valence-electron chi connectivity index (χ0n) is 17.9. The number of fused-ring (bicyclic) bond motifs is 4. The van der Waals surface area contributed by atoms with Gasteiger partial charge in [0.1, 0.15) is 16.9 Å². The molecule has 1 fully saturated rings. The summed E-state index contributed by atoms with van der Waals surface area (Å²) in [5, 5.41) is 3.98. The molecule has 2 aliphatic heterocycles. The molecule has 2 aliphatic rings. The molecule has 1 saturated heterocycles. The van der Waals surface area contributed by atoms with Crippen molar-refractivity contribution < 1.29 is 9.32 Å². The monoisotopic (exact) mass is 405 g/mol. The third-order valence-corrected chi connectivity index (χ3v) is 6.36. The van der Waals surface area contributed by atoms with E-state index in [2.05, 4.69) is 57.9 Å². The van der Waals surface area contributed by atoms with Crippen LogP contribution in [0.5, 0.6) is 0 Å². The van der Waals surface area contributed by atoms with E-state index in [4.69, 9.17) is 4.52 Å². The fraction of sp³-hybridized carbons (Fsp3) is 0.435. The van der Waals surface area contributed by atoms with Crippen molar-refractivity contribution in [1.29, 1.82) is 0 Å². The van der Waals surface area contributed by atoms with E-state index in [0.29, 0.717) is 36.0 Å². The number of anilines is 1. The standard InChI is InChI=1S/C23H27N5O2/c1-15(2)13-28-18-7-5-10-24-21(18)27-11-6-8-19(27)23(28)9-12-26(14-23)22(29)20-16(3)25-30-17(20)4/h5-8,10-11,15H,9,12-14H2,1-4H3/t23-/m1/s1. The van der Waals surface area contributed by atoms with Gasteiger partial charge in [-0.05, 0) is 50.5 Å². The van der Waals surface area contributed by atoms with Gasteiger partial charge in [-0.1, -0.05) is 19.0 Å². The number of nitrogens with zero attached hydrogens (tertiary/aromatic N) is 5. The van der Waals surface area contributed by atoms with Crippen LogP contribution in [0.1, 0.15) is 47.8 Å². The summed E-state index contributed by atoms with van der Waals surface area (Å²) >= 11 is 0. The van der Waals surface area contributed by atoms with Gasteiger partial charge in [0.25, 0.3) is 5.91 Å². The lowest BCUT2D eigenvalue weighted by Gasteiger charge is -2.47. The Kier molecular flexibility index (Phi) is 4.24. The second-order valence-corrected chi connectivity index (χ2v) is 8.82. The number of rotatable bonds is 3. The maximum absolute atomic E-state index is 13.4. The Bertz CT molecular complexity index is 1100. The Hall–Kier alpha value is -3.09. The van der Waals surface area contributed by atoms with Crippen molar-refractivity contribution in [3.05, 3.63) is 59.4 Å². The fourth-order valence-electron chi connectivity index (χ4n) is 5.08. The van der Waals surface area contributed by atoms with E-state index in [1.54, 1.807) is 6.92 Å². The molecule has 5 rings (SSSR count). The summed E-state index contributed by atoms with van der Waals surface area (Å²) in [6, 6.07) is 8.40. The molecule has 3 aromatic heterocycles. The normalized spacial score (nSPS) is 20.2. The second kappa shape index (κ2) is 6.72. The van der Waals surface area contributed by atoms with Crippen molar-refractivity contribution in [1.82, 2.24) is 19.6 Å². The van der Waals surface area contributed by atoms with Crippen LogP contribution in [-0.2, 0) is 5.54 Å². The highest BCUT2D eigenvalue weighted by Crippen LogP contribution is 2.47. The summed E-state index contributed by atoms with van der Waals surface area (Å²) in [6.45, 7) is 10.3. The minimum atomic E-state index is -0.279. The van der Waals surface area contributed by atoms with E-state index < -0.39 is 0 Å². The molecule has 0 radical (unpaired) electrons. The Morgan fingerprint density at radius 1 is 1.27 bits per heavy atom. The fourth-order valence-corrected chi connectivity index (χ4v) is 5.08. The average molecular weight is 406 g/mol. The summed E-state index contributed by atoms with van der Waals surface area (Å²) in [5.74, 6) is 2.02. The molecular weight excluding hydrogens is 378 g/mol. The number of likely N-dealkylation sites (tertiary alicyclic amines) is 1. The number of aromatic nitrogens is 3. The molecule has 1 amide bonds. The van der Waals surface area contributed by atoms with Crippen LogP contribution in [-0.4, -0.2) is 45.1 Å². The number of aryl methyl sites for hydroxylation is 2. The summed E-state index contributed by atoms with van der Waals surface area (Å²) in [7, 11) is 0.